The van der Waals surface area contributed by atoms with Crippen molar-refractivity contribution in [2.75, 3.05) is 37.7 Å². The van der Waals surface area contributed by atoms with Crippen LogP contribution in [-0.2, 0) is 9.53 Å². The van der Waals surface area contributed by atoms with Gasteiger partial charge in [-0.05, 0) is 51.0 Å². The lowest BCUT2D eigenvalue weighted by Crippen LogP contribution is -2.35. The van der Waals surface area contributed by atoms with Crippen LogP contribution in [0, 0.1) is 0 Å². The van der Waals surface area contributed by atoms with Crippen LogP contribution in [0.25, 0.3) is 0 Å². The van der Waals surface area contributed by atoms with Crippen molar-refractivity contribution in [3.8, 4) is 0 Å². The van der Waals surface area contributed by atoms with E-state index in [1.165, 1.54) is 12.8 Å². The maximum Gasteiger partial charge on any atom is 0.338 e. The van der Waals surface area contributed by atoms with Gasteiger partial charge >= 0.3 is 5.97 Å². The molecule has 132 valence electrons. The Hall–Kier alpha value is -2.04. The lowest BCUT2D eigenvalue weighted by molar-refractivity contribution is -0.134. The summed E-state index contributed by atoms with van der Waals surface area (Å²) in [5, 5.41) is 0. The summed E-state index contributed by atoms with van der Waals surface area (Å²) in [4.78, 5) is 28.3. The van der Waals surface area contributed by atoms with E-state index < -0.39 is 5.97 Å². The third-order valence-corrected chi connectivity index (χ3v) is 4.52. The zero-order valence-electron chi connectivity index (χ0n) is 14.8. The van der Waals surface area contributed by atoms with Crippen molar-refractivity contribution in [1.82, 2.24) is 4.90 Å². The van der Waals surface area contributed by atoms with E-state index in [0.717, 1.165) is 44.7 Å². The van der Waals surface area contributed by atoms with E-state index in [2.05, 4.69) is 18.7 Å². The summed E-state index contributed by atoms with van der Waals surface area (Å²) in [6, 6.07) is 7.35. The van der Waals surface area contributed by atoms with Gasteiger partial charge < -0.3 is 14.5 Å². The van der Waals surface area contributed by atoms with Gasteiger partial charge in [0, 0.05) is 31.9 Å². The Labute approximate surface area is 144 Å². The average Bonchev–Trinajstić information content (AvgIpc) is 2.90. The standard InChI is InChI=1S/C19H28N2O3/c1-3-20(4-2)17-11-9-16(10-12-17)19(23)24-15-18(22)21-13-7-5-6-8-14-21/h9-12H,3-8,13-15H2,1-2H3. The molecule has 5 heteroatoms. The summed E-state index contributed by atoms with van der Waals surface area (Å²) < 4.78 is 5.19. The number of hydrogen-bond donors (Lipinski definition) is 0. The van der Waals surface area contributed by atoms with Crippen LogP contribution in [0.2, 0.25) is 0 Å². The fourth-order valence-electron chi connectivity index (χ4n) is 3.02. The Morgan fingerprint density at radius 3 is 2.12 bits per heavy atom. The molecule has 1 heterocycles. The monoisotopic (exact) mass is 332 g/mol. The predicted molar refractivity (Wildman–Crippen MR) is 95.3 cm³/mol. The molecular weight excluding hydrogens is 304 g/mol. The van der Waals surface area contributed by atoms with E-state index in [4.69, 9.17) is 4.74 Å². The molecule has 1 aromatic rings. The van der Waals surface area contributed by atoms with Gasteiger partial charge in [0.05, 0.1) is 5.56 Å². The molecule has 1 saturated heterocycles. The SMILES string of the molecule is CCN(CC)c1ccc(C(=O)OCC(=O)N2CCCCCC2)cc1. The molecule has 0 spiro atoms. The molecule has 0 N–H and O–H groups in total. The first kappa shape index (κ1) is 18.3. The van der Waals surface area contributed by atoms with Crippen molar-refractivity contribution < 1.29 is 14.3 Å². The number of nitrogens with zero attached hydrogens (tertiary/aromatic N) is 2. The topological polar surface area (TPSA) is 49.9 Å². The third kappa shape index (κ3) is 4.98. The van der Waals surface area contributed by atoms with E-state index in [9.17, 15) is 9.59 Å². The second-order valence-corrected chi connectivity index (χ2v) is 6.09. The summed E-state index contributed by atoms with van der Waals surface area (Å²) >= 11 is 0. The number of ether oxygens (including phenoxy) is 1. The molecule has 0 bridgehead atoms. The van der Waals surface area contributed by atoms with Gasteiger partial charge in [0.1, 0.15) is 0 Å². The zero-order chi connectivity index (χ0) is 17.4. The fourth-order valence-corrected chi connectivity index (χ4v) is 3.02. The summed E-state index contributed by atoms with van der Waals surface area (Å²) in [7, 11) is 0. The molecule has 2 rings (SSSR count). The molecule has 1 fully saturated rings. The van der Waals surface area contributed by atoms with E-state index >= 15 is 0 Å². The normalized spacial score (nSPS) is 14.8. The molecule has 1 amide bonds. The Balaban J connectivity index is 1.86. The number of benzene rings is 1. The van der Waals surface area contributed by atoms with E-state index in [1.54, 1.807) is 12.1 Å². The minimum absolute atomic E-state index is 0.0926. The van der Waals surface area contributed by atoms with Crippen molar-refractivity contribution in [3.05, 3.63) is 29.8 Å². The second-order valence-electron chi connectivity index (χ2n) is 6.09. The van der Waals surface area contributed by atoms with Gasteiger partial charge in [0.25, 0.3) is 5.91 Å². The summed E-state index contributed by atoms with van der Waals surface area (Å²) in [5.74, 6) is -0.533. The summed E-state index contributed by atoms with van der Waals surface area (Å²) in [6.45, 7) is 7.41. The molecule has 0 unspecified atom stereocenters. The average molecular weight is 332 g/mol. The molecule has 0 atom stereocenters. The molecule has 0 aliphatic carbocycles. The Morgan fingerprint density at radius 2 is 1.58 bits per heavy atom. The number of esters is 1. The predicted octanol–water partition coefficient (Wildman–Crippen LogP) is 3.09. The maximum atomic E-state index is 12.1. The maximum absolute atomic E-state index is 12.1. The number of carbonyl (C=O) groups excluding carboxylic acids is 2. The van der Waals surface area contributed by atoms with Crippen molar-refractivity contribution in [1.29, 1.82) is 0 Å². The number of hydrogen-bond acceptors (Lipinski definition) is 4. The highest BCUT2D eigenvalue weighted by Gasteiger charge is 2.17. The highest BCUT2D eigenvalue weighted by Crippen LogP contribution is 2.15. The van der Waals surface area contributed by atoms with Crippen LogP contribution in [0.1, 0.15) is 49.9 Å². The molecule has 1 aromatic carbocycles. The molecule has 1 aliphatic rings. The molecule has 5 nitrogen and oxygen atoms in total. The molecule has 24 heavy (non-hydrogen) atoms. The zero-order valence-corrected chi connectivity index (χ0v) is 14.8. The quantitative estimate of drug-likeness (QED) is 0.751. The lowest BCUT2D eigenvalue weighted by atomic mass is 10.2. The van der Waals surface area contributed by atoms with Gasteiger partial charge in [-0.2, -0.15) is 0 Å². The van der Waals surface area contributed by atoms with Crippen LogP contribution in [0.15, 0.2) is 24.3 Å². The first-order valence-corrected chi connectivity index (χ1v) is 8.95. The molecule has 0 saturated carbocycles. The van der Waals surface area contributed by atoms with Crippen molar-refractivity contribution >= 4 is 17.6 Å². The van der Waals surface area contributed by atoms with Crippen molar-refractivity contribution in [3.63, 3.8) is 0 Å². The first-order chi connectivity index (χ1) is 11.7. The summed E-state index contributed by atoms with van der Waals surface area (Å²) in [6.07, 6.45) is 4.41. The van der Waals surface area contributed by atoms with Gasteiger partial charge in [0.15, 0.2) is 6.61 Å². The van der Waals surface area contributed by atoms with Crippen molar-refractivity contribution in [2.45, 2.75) is 39.5 Å². The van der Waals surface area contributed by atoms with E-state index in [-0.39, 0.29) is 12.5 Å². The molecule has 0 radical (unpaired) electrons. The molecular formula is C19H28N2O3. The summed E-state index contributed by atoms with van der Waals surface area (Å²) in [5.41, 5.74) is 1.56. The van der Waals surface area contributed by atoms with E-state index in [0.29, 0.717) is 5.56 Å². The number of likely N-dealkylation sites (tertiary alicyclic amines) is 1. The van der Waals surface area contributed by atoms with Crippen LogP contribution in [0.4, 0.5) is 5.69 Å². The Morgan fingerprint density at radius 1 is 1.00 bits per heavy atom. The minimum Gasteiger partial charge on any atom is -0.452 e. The van der Waals surface area contributed by atoms with Crippen LogP contribution in [-0.4, -0.2) is 49.6 Å². The van der Waals surface area contributed by atoms with E-state index in [1.807, 2.05) is 17.0 Å². The smallest absolute Gasteiger partial charge is 0.338 e. The largest absolute Gasteiger partial charge is 0.452 e. The number of rotatable bonds is 6. The Kier molecular flexibility index (Phi) is 7.09. The lowest BCUT2D eigenvalue weighted by Gasteiger charge is -2.21. The van der Waals surface area contributed by atoms with Gasteiger partial charge in [-0.1, -0.05) is 12.8 Å². The van der Waals surface area contributed by atoms with Crippen LogP contribution in [0.3, 0.4) is 0 Å². The molecule has 1 aliphatic heterocycles. The van der Waals surface area contributed by atoms with Crippen LogP contribution in [0.5, 0.6) is 0 Å². The highest BCUT2D eigenvalue weighted by molar-refractivity contribution is 5.91. The number of anilines is 1. The molecule has 0 aromatic heterocycles. The first-order valence-electron chi connectivity index (χ1n) is 8.95. The number of carbonyl (C=O) groups is 2. The highest BCUT2D eigenvalue weighted by atomic mass is 16.5. The van der Waals surface area contributed by atoms with Gasteiger partial charge in [-0.3, -0.25) is 4.79 Å². The third-order valence-electron chi connectivity index (χ3n) is 4.52. The minimum atomic E-state index is -0.440. The van der Waals surface area contributed by atoms with Crippen LogP contribution >= 0.6 is 0 Å². The second kappa shape index (κ2) is 9.30. The van der Waals surface area contributed by atoms with Crippen LogP contribution < -0.4 is 4.90 Å². The Bertz CT molecular complexity index is 530. The number of amides is 1. The van der Waals surface area contributed by atoms with Gasteiger partial charge in [-0.15, -0.1) is 0 Å². The van der Waals surface area contributed by atoms with Gasteiger partial charge in [0.2, 0.25) is 0 Å². The van der Waals surface area contributed by atoms with Crippen molar-refractivity contribution in [2.24, 2.45) is 0 Å². The fraction of sp³-hybridized carbons (Fsp3) is 0.579. The van der Waals surface area contributed by atoms with Gasteiger partial charge in [-0.25, -0.2) is 4.79 Å².